The van der Waals surface area contributed by atoms with Gasteiger partial charge in [-0.3, -0.25) is 14.4 Å². The second-order valence-corrected chi connectivity index (χ2v) is 15.8. The molecule has 0 bridgehead atoms. The zero-order valence-electron chi connectivity index (χ0n) is 26.1. The Morgan fingerprint density at radius 3 is 2.39 bits per heavy atom. The van der Waals surface area contributed by atoms with Crippen LogP contribution in [0, 0.1) is 44.8 Å². The van der Waals surface area contributed by atoms with Crippen LogP contribution in [-0.2, 0) is 35.7 Å². The molecule has 0 aromatic carbocycles. The molecule has 3 fully saturated rings. The largest absolute Gasteiger partial charge is 0.469 e. The molecule has 0 amide bonds. The monoisotopic (exact) mass is 565 g/mol. The van der Waals surface area contributed by atoms with E-state index in [4.69, 9.17) is 14.0 Å². The molecule has 0 aliphatic heterocycles. The molecule has 3 saturated carbocycles. The van der Waals surface area contributed by atoms with Crippen LogP contribution in [0.1, 0.15) is 104 Å². The van der Waals surface area contributed by atoms with Crippen molar-refractivity contribution >= 4 is 17.7 Å². The maximum Gasteiger partial charge on any atom is 0.312 e. The molecule has 224 valence electrons. The van der Waals surface area contributed by atoms with Gasteiger partial charge in [0.15, 0.2) is 5.78 Å². The van der Waals surface area contributed by atoms with Gasteiger partial charge in [0.25, 0.3) is 0 Å². The Labute approximate surface area is 244 Å². The van der Waals surface area contributed by atoms with Gasteiger partial charge in [0.05, 0.1) is 32.3 Å². The summed E-state index contributed by atoms with van der Waals surface area (Å²) in [4.78, 5) is 40.8. The van der Waals surface area contributed by atoms with Gasteiger partial charge in [-0.25, -0.2) is 0 Å². The number of carbonyl (C=O) groups excluding carboxylic acids is 3. The molecule has 0 saturated heterocycles. The molecule has 8 atom stereocenters. The maximum atomic E-state index is 14.6. The number of hydrogen-bond donors (Lipinski definition) is 0. The highest BCUT2D eigenvalue weighted by atomic mass is 16.5. The predicted molar refractivity (Wildman–Crippen MR) is 153 cm³/mol. The van der Waals surface area contributed by atoms with E-state index in [0.717, 1.165) is 62.7 Å². The summed E-state index contributed by atoms with van der Waals surface area (Å²) in [6.07, 6.45) is 10.7. The minimum Gasteiger partial charge on any atom is -0.469 e. The molecular weight excluding hydrogens is 518 g/mol. The molecule has 7 nitrogen and oxygen atoms in total. The molecular formula is C34H47NO6. The first kappa shape index (κ1) is 28.7. The predicted octanol–water partition coefficient (Wildman–Crippen LogP) is 6.39. The van der Waals surface area contributed by atoms with Crippen LogP contribution in [0.3, 0.4) is 0 Å². The average Bonchev–Trinajstić information content (AvgIpc) is 3.38. The van der Waals surface area contributed by atoms with Crippen molar-refractivity contribution in [2.75, 3.05) is 14.2 Å². The van der Waals surface area contributed by atoms with Crippen molar-refractivity contribution in [2.45, 2.75) is 105 Å². The molecule has 41 heavy (non-hydrogen) atoms. The van der Waals surface area contributed by atoms with Gasteiger partial charge in [0.2, 0.25) is 0 Å². The lowest BCUT2D eigenvalue weighted by Crippen LogP contribution is -2.66. The molecule has 1 aromatic heterocycles. The fourth-order valence-corrected chi connectivity index (χ4v) is 11.2. The van der Waals surface area contributed by atoms with Crippen molar-refractivity contribution in [3.63, 3.8) is 0 Å². The van der Waals surface area contributed by atoms with Crippen LogP contribution >= 0.6 is 0 Å². The number of aromatic nitrogens is 1. The summed E-state index contributed by atoms with van der Waals surface area (Å²) >= 11 is 0. The Hall–Kier alpha value is -2.44. The van der Waals surface area contributed by atoms with Gasteiger partial charge in [-0.15, -0.1) is 0 Å². The standard InChI is InChI=1S/C34H47NO6/c1-29(2)11-13-34(28(38)40-8)14-12-33(6)26(21(34)17-29)22(36)15-24-30(3)16-20-19-35-41-27(20)31(4,18-25(37)39-7)23(30)9-10-32(24,33)5/h15,19,21,23,26H,9-14,16-18H2,1-8H3/t21-,23+,26-,30-,31-,32+,33+,34-/m0/s1. The van der Waals surface area contributed by atoms with Gasteiger partial charge in [-0.1, -0.05) is 52.3 Å². The van der Waals surface area contributed by atoms with Crippen molar-refractivity contribution in [3.05, 3.63) is 29.2 Å². The van der Waals surface area contributed by atoms with Gasteiger partial charge in [-0.05, 0) is 90.9 Å². The van der Waals surface area contributed by atoms with Crippen LogP contribution in [0.2, 0.25) is 0 Å². The molecule has 0 spiro atoms. The Morgan fingerprint density at radius 2 is 1.71 bits per heavy atom. The molecule has 5 aliphatic rings. The van der Waals surface area contributed by atoms with Crippen LogP contribution in [0.15, 0.2) is 22.4 Å². The second kappa shape index (κ2) is 8.79. The third-order valence-electron chi connectivity index (χ3n) is 13.5. The number of ether oxygens (including phenoxy) is 2. The van der Waals surface area contributed by atoms with Crippen molar-refractivity contribution in [2.24, 2.45) is 44.8 Å². The Kier molecular flexibility index (Phi) is 6.15. The lowest BCUT2D eigenvalue weighted by Gasteiger charge is -2.69. The third-order valence-corrected chi connectivity index (χ3v) is 13.5. The van der Waals surface area contributed by atoms with Crippen LogP contribution in [0.5, 0.6) is 0 Å². The normalized spacial score (nSPS) is 44.2. The minimum atomic E-state index is -0.589. The van der Waals surface area contributed by atoms with E-state index in [1.807, 2.05) is 6.08 Å². The molecule has 0 unspecified atom stereocenters. The minimum absolute atomic E-state index is 0.0364. The number of methoxy groups -OCH3 is 2. The van der Waals surface area contributed by atoms with Crippen molar-refractivity contribution < 1.29 is 28.4 Å². The summed E-state index contributed by atoms with van der Waals surface area (Å²) in [7, 11) is 2.93. The molecule has 0 N–H and O–H groups in total. The first-order valence-corrected chi connectivity index (χ1v) is 15.5. The second-order valence-electron chi connectivity index (χ2n) is 15.8. The summed E-state index contributed by atoms with van der Waals surface area (Å²) in [5, 5.41) is 4.17. The molecule has 6 rings (SSSR count). The lowest BCUT2D eigenvalue weighted by atomic mass is 9.34. The SMILES string of the molecule is COC(=O)C[C@]1(C)c2oncc2C[C@]2(C)C3=CC(=O)[C@@H]4[C@@H]5CC(C)(C)CC[C@]5(C(=O)OC)CC[C@@]4(C)[C@]3(C)CC[C@H]21. The highest BCUT2D eigenvalue weighted by Gasteiger charge is 2.71. The molecule has 1 heterocycles. The zero-order chi connectivity index (χ0) is 29.8. The summed E-state index contributed by atoms with van der Waals surface area (Å²) in [6.45, 7) is 13.7. The van der Waals surface area contributed by atoms with Crippen molar-refractivity contribution in [3.8, 4) is 0 Å². The van der Waals surface area contributed by atoms with E-state index in [0.29, 0.717) is 0 Å². The molecule has 0 radical (unpaired) electrons. The number of fused-ring (bicyclic) bond motifs is 8. The van der Waals surface area contributed by atoms with Crippen LogP contribution in [0.4, 0.5) is 0 Å². The van der Waals surface area contributed by atoms with Gasteiger partial charge < -0.3 is 14.0 Å². The summed E-state index contributed by atoms with van der Waals surface area (Å²) in [5.74, 6) is 0.391. The fraction of sp³-hybridized carbons (Fsp3) is 0.765. The quantitative estimate of drug-likeness (QED) is 0.392. The number of esters is 2. The zero-order valence-corrected chi connectivity index (χ0v) is 26.1. The number of allylic oxidation sites excluding steroid dienone is 2. The van der Waals surface area contributed by atoms with E-state index < -0.39 is 10.8 Å². The van der Waals surface area contributed by atoms with Crippen LogP contribution < -0.4 is 0 Å². The van der Waals surface area contributed by atoms with E-state index in [9.17, 15) is 14.4 Å². The smallest absolute Gasteiger partial charge is 0.312 e. The summed E-state index contributed by atoms with van der Waals surface area (Å²) in [6, 6.07) is 0. The summed E-state index contributed by atoms with van der Waals surface area (Å²) < 4.78 is 16.4. The number of carbonyl (C=O) groups is 3. The maximum absolute atomic E-state index is 14.6. The first-order chi connectivity index (χ1) is 19.1. The Bertz CT molecular complexity index is 1340. The fourth-order valence-electron chi connectivity index (χ4n) is 11.2. The van der Waals surface area contributed by atoms with Crippen molar-refractivity contribution in [1.82, 2.24) is 5.16 Å². The average molecular weight is 566 g/mol. The van der Waals surface area contributed by atoms with Crippen LogP contribution in [-0.4, -0.2) is 37.1 Å². The number of rotatable bonds is 3. The van der Waals surface area contributed by atoms with Crippen LogP contribution in [0.25, 0.3) is 0 Å². The van der Waals surface area contributed by atoms with E-state index >= 15 is 0 Å². The Morgan fingerprint density at radius 1 is 1.00 bits per heavy atom. The highest BCUT2D eigenvalue weighted by molar-refractivity contribution is 5.96. The van der Waals surface area contributed by atoms with E-state index in [1.54, 1.807) is 6.20 Å². The van der Waals surface area contributed by atoms with Gasteiger partial charge in [0.1, 0.15) is 5.76 Å². The van der Waals surface area contributed by atoms with E-state index in [1.165, 1.54) is 19.8 Å². The molecule has 7 heteroatoms. The van der Waals surface area contributed by atoms with Crippen molar-refractivity contribution in [1.29, 1.82) is 0 Å². The number of hydrogen-bond acceptors (Lipinski definition) is 7. The third kappa shape index (κ3) is 3.56. The first-order valence-electron chi connectivity index (χ1n) is 15.5. The summed E-state index contributed by atoms with van der Waals surface area (Å²) in [5.41, 5.74) is 0.270. The lowest BCUT2D eigenvalue weighted by molar-refractivity contribution is -0.192. The number of ketones is 1. The highest BCUT2D eigenvalue weighted by Crippen LogP contribution is 2.75. The van der Waals surface area contributed by atoms with Gasteiger partial charge >= 0.3 is 11.9 Å². The van der Waals surface area contributed by atoms with E-state index in [-0.39, 0.29) is 63.6 Å². The van der Waals surface area contributed by atoms with Gasteiger partial charge in [0, 0.05) is 16.9 Å². The van der Waals surface area contributed by atoms with Gasteiger partial charge in [-0.2, -0.15) is 0 Å². The Balaban J connectivity index is 1.50. The molecule has 5 aliphatic carbocycles. The topological polar surface area (TPSA) is 95.7 Å². The number of nitrogens with zero attached hydrogens (tertiary/aromatic N) is 1. The molecule has 1 aromatic rings. The van der Waals surface area contributed by atoms with E-state index in [2.05, 4.69) is 46.7 Å².